The normalized spacial score (nSPS) is 19.9. The summed E-state index contributed by atoms with van der Waals surface area (Å²) in [4.78, 5) is 7.05. The molecular formula is C17H29N3. The maximum atomic E-state index is 4.58. The van der Waals surface area contributed by atoms with E-state index in [1.807, 2.05) is 6.20 Å². The van der Waals surface area contributed by atoms with Gasteiger partial charge in [0.2, 0.25) is 0 Å². The first kappa shape index (κ1) is 15.3. The van der Waals surface area contributed by atoms with Crippen molar-refractivity contribution in [2.75, 3.05) is 24.5 Å². The zero-order valence-corrected chi connectivity index (χ0v) is 13.1. The average Bonchev–Trinajstić information content (AvgIpc) is 2.73. The quantitative estimate of drug-likeness (QED) is 0.804. The maximum Gasteiger partial charge on any atom is 0.128 e. The Morgan fingerprint density at radius 1 is 1.30 bits per heavy atom. The van der Waals surface area contributed by atoms with Gasteiger partial charge in [0.25, 0.3) is 0 Å². The molecule has 0 aliphatic carbocycles. The number of hydrogen-bond donors (Lipinski definition) is 1. The van der Waals surface area contributed by atoms with E-state index in [9.17, 15) is 0 Å². The summed E-state index contributed by atoms with van der Waals surface area (Å²) >= 11 is 0. The van der Waals surface area contributed by atoms with Gasteiger partial charge in [-0.25, -0.2) is 4.98 Å². The van der Waals surface area contributed by atoms with Crippen molar-refractivity contribution in [3.05, 3.63) is 23.9 Å². The van der Waals surface area contributed by atoms with E-state index in [0.717, 1.165) is 37.9 Å². The number of nitrogens with one attached hydrogen (secondary N) is 1. The van der Waals surface area contributed by atoms with Crippen LogP contribution in [-0.2, 0) is 6.54 Å². The number of nitrogens with zero attached hydrogens (tertiary/aromatic N) is 2. The van der Waals surface area contributed by atoms with Gasteiger partial charge in [0.1, 0.15) is 5.82 Å². The van der Waals surface area contributed by atoms with E-state index < -0.39 is 0 Å². The summed E-state index contributed by atoms with van der Waals surface area (Å²) in [5.41, 5.74) is 1.35. The fourth-order valence-electron chi connectivity index (χ4n) is 2.96. The summed E-state index contributed by atoms with van der Waals surface area (Å²) in [5, 5.41) is 3.46. The molecule has 0 bridgehead atoms. The van der Waals surface area contributed by atoms with Gasteiger partial charge in [0, 0.05) is 25.8 Å². The van der Waals surface area contributed by atoms with Crippen LogP contribution < -0.4 is 10.2 Å². The van der Waals surface area contributed by atoms with E-state index in [-0.39, 0.29) is 0 Å². The lowest BCUT2D eigenvalue weighted by atomic mass is 9.98. The van der Waals surface area contributed by atoms with Crippen LogP contribution in [0, 0.1) is 5.92 Å². The second kappa shape index (κ2) is 8.25. The molecule has 112 valence electrons. The first-order chi connectivity index (χ1) is 9.83. The minimum Gasteiger partial charge on any atom is -0.357 e. The molecule has 20 heavy (non-hydrogen) atoms. The third kappa shape index (κ3) is 4.48. The molecule has 0 aromatic carbocycles. The van der Waals surface area contributed by atoms with Gasteiger partial charge >= 0.3 is 0 Å². The highest BCUT2D eigenvalue weighted by Crippen LogP contribution is 2.23. The zero-order chi connectivity index (χ0) is 14.2. The Kier molecular flexibility index (Phi) is 6.31. The largest absolute Gasteiger partial charge is 0.357 e. The number of anilines is 1. The Bertz CT molecular complexity index is 392. The number of aromatic nitrogens is 1. The highest BCUT2D eigenvalue weighted by Gasteiger charge is 2.16. The number of rotatable bonds is 6. The fraction of sp³-hybridized carbons (Fsp3) is 0.706. The van der Waals surface area contributed by atoms with Crippen LogP contribution in [0.5, 0.6) is 0 Å². The lowest BCUT2D eigenvalue weighted by Crippen LogP contribution is -2.25. The fourth-order valence-corrected chi connectivity index (χ4v) is 2.96. The molecule has 1 unspecified atom stereocenters. The molecule has 1 fully saturated rings. The average molecular weight is 275 g/mol. The molecule has 1 saturated heterocycles. The summed E-state index contributed by atoms with van der Waals surface area (Å²) in [7, 11) is 0. The Morgan fingerprint density at radius 2 is 2.20 bits per heavy atom. The molecule has 2 heterocycles. The molecule has 0 spiro atoms. The van der Waals surface area contributed by atoms with E-state index in [2.05, 4.69) is 41.2 Å². The smallest absolute Gasteiger partial charge is 0.128 e. The summed E-state index contributed by atoms with van der Waals surface area (Å²) in [6.45, 7) is 8.88. The molecule has 0 amide bonds. The molecule has 3 heteroatoms. The van der Waals surface area contributed by atoms with Crippen LogP contribution in [0.3, 0.4) is 0 Å². The van der Waals surface area contributed by atoms with Crippen LogP contribution in [0.25, 0.3) is 0 Å². The minimum atomic E-state index is 0.911. The molecule has 0 saturated carbocycles. The first-order valence-corrected chi connectivity index (χ1v) is 8.24. The van der Waals surface area contributed by atoms with E-state index in [1.165, 1.54) is 37.7 Å². The Hall–Kier alpha value is -1.09. The van der Waals surface area contributed by atoms with Crippen molar-refractivity contribution in [3.63, 3.8) is 0 Å². The predicted octanol–water partition coefficient (Wildman–Crippen LogP) is 3.60. The lowest BCUT2D eigenvalue weighted by Gasteiger charge is -2.22. The molecule has 1 N–H and O–H groups in total. The van der Waals surface area contributed by atoms with Crippen LogP contribution in [0.4, 0.5) is 5.82 Å². The molecule has 0 radical (unpaired) electrons. The van der Waals surface area contributed by atoms with Crippen molar-refractivity contribution in [1.29, 1.82) is 0 Å². The molecule has 3 nitrogen and oxygen atoms in total. The number of pyridine rings is 1. The SMILES string of the molecule is CCCNCc1ccnc(N2CCCC(CC)CC2)c1. The topological polar surface area (TPSA) is 28.2 Å². The minimum absolute atomic E-state index is 0.911. The molecule has 1 aromatic heterocycles. The van der Waals surface area contributed by atoms with Crippen molar-refractivity contribution in [2.45, 2.75) is 52.5 Å². The van der Waals surface area contributed by atoms with E-state index in [4.69, 9.17) is 0 Å². The summed E-state index contributed by atoms with van der Waals surface area (Å²) in [6.07, 6.45) is 8.46. The van der Waals surface area contributed by atoms with Crippen molar-refractivity contribution in [2.24, 2.45) is 5.92 Å². The standard InChI is InChI=1S/C17H29N3/c1-3-9-18-14-16-7-10-19-17(13-16)20-11-5-6-15(4-2)8-12-20/h7,10,13,15,18H,3-6,8-9,11-12,14H2,1-2H3. The highest BCUT2D eigenvalue weighted by molar-refractivity contribution is 5.41. The van der Waals surface area contributed by atoms with Crippen molar-refractivity contribution in [1.82, 2.24) is 10.3 Å². The van der Waals surface area contributed by atoms with Gasteiger partial charge in [-0.15, -0.1) is 0 Å². The lowest BCUT2D eigenvalue weighted by molar-refractivity contribution is 0.459. The van der Waals surface area contributed by atoms with Gasteiger partial charge in [-0.1, -0.05) is 20.3 Å². The van der Waals surface area contributed by atoms with Gasteiger partial charge in [-0.3, -0.25) is 0 Å². The second-order valence-electron chi connectivity index (χ2n) is 5.89. The van der Waals surface area contributed by atoms with Gasteiger partial charge in [-0.05, 0) is 55.8 Å². The van der Waals surface area contributed by atoms with Crippen molar-refractivity contribution >= 4 is 5.82 Å². The predicted molar refractivity (Wildman–Crippen MR) is 86.1 cm³/mol. The summed E-state index contributed by atoms with van der Waals surface area (Å²) in [6, 6.07) is 4.38. The molecule has 1 aromatic rings. The van der Waals surface area contributed by atoms with Gasteiger partial charge in [-0.2, -0.15) is 0 Å². The second-order valence-corrected chi connectivity index (χ2v) is 5.89. The third-order valence-corrected chi connectivity index (χ3v) is 4.31. The first-order valence-electron chi connectivity index (χ1n) is 8.24. The molecule has 1 aliphatic heterocycles. The van der Waals surface area contributed by atoms with Gasteiger partial charge in [0.05, 0.1) is 0 Å². The molecular weight excluding hydrogens is 246 g/mol. The molecule has 1 aliphatic rings. The summed E-state index contributed by atoms with van der Waals surface area (Å²) < 4.78 is 0. The van der Waals surface area contributed by atoms with E-state index >= 15 is 0 Å². The van der Waals surface area contributed by atoms with E-state index in [0.29, 0.717) is 0 Å². The van der Waals surface area contributed by atoms with E-state index in [1.54, 1.807) is 0 Å². The molecule has 2 rings (SSSR count). The molecule has 1 atom stereocenters. The number of hydrogen-bond acceptors (Lipinski definition) is 3. The van der Waals surface area contributed by atoms with Gasteiger partial charge < -0.3 is 10.2 Å². The Morgan fingerprint density at radius 3 is 3.00 bits per heavy atom. The van der Waals surface area contributed by atoms with Crippen LogP contribution in [0.2, 0.25) is 0 Å². The van der Waals surface area contributed by atoms with Crippen LogP contribution in [0.15, 0.2) is 18.3 Å². The zero-order valence-electron chi connectivity index (χ0n) is 13.1. The van der Waals surface area contributed by atoms with Crippen molar-refractivity contribution in [3.8, 4) is 0 Å². The monoisotopic (exact) mass is 275 g/mol. The summed E-state index contributed by atoms with van der Waals surface area (Å²) in [5.74, 6) is 2.08. The third-order valence-electron chi connectivity index (χ3n) is 4.31. The Labute approximate surface area is 123 Å². The highest BCUT2D eigenvalue weighted by atomic mass is 15.2. The van der Waals surface area contributed by atoms with Gasteiger partial charge in [0.15, 0.2) is 0 Å². The Balaban J connectivity index is 1.95. The van der Waals surface area contributed by atoms with Crippen LogP contribution in [-0.4, -0.2) is 24.6 Å². The van der Waals surface area contributed by atoms with Crippen LogP contribution >= 0.6 is 0 Å². The van der Waals surface area contributed by atoms with Crippen molar-refractivity contribution < 1.29 is 0 Å². The van der Waals surface area contributed by atoms with Crippen LogP contribution in [0.1, 0.15) is 51.5 Å². The maximum absolute atomic E-state index is 4.58.